The molecule has 2 N–H and O–H groups in total. The number of para-hydroxylation sites is 1. The van der Waals surface area contributed by atoms with Crippen LogP contribution in [0.15, 0.2) is 52.1 Å². The van der Waals surface area contributed by atoms with Crippen molar-refractivity contribution in [1.82, 2.24) is 14.8 Å². The van der Waals surface area contributed by atoms with Gasteiger partial charge in [0.2, 0.25) is 5.43 Å². The number of aromatic nitrogens is 3. The Hall–Kier alpha value is -3.32. The van der Waals surface area contributed by atoms with Crippen LogP contribution in [0.3, 0.4) is 0 Å². The third-order valence-corrected chi connectivity index (χ3v) is 4.60. The lowest BCUT2D eigenvalue weighted by Gasteiger charge is -2.11. The summed E-state index contributed by atoms with van der Waals surface area (Å²) in [6.45, 7) is 0.0461. The average Bonchev–Trinajstić information content (AvgIpc) is 2.66. The molecule has 0 unspecified atom stereocenters. The fraction of sp³-hybridized carbons (Fsp3) is 0.105. The summed E-state index contributed by atoms with van der Waals surface area (Å²) >= 11 is 5.96. The van der Waals surface area contributed by atoms with Crippen LogP contribution in [0.1, 0.15) is 5.56 Å². The van der Waals surface area contributed by atoms with E-state index in [1.165, 1.54) is 13.2 Å². The van der Waals surface area contributed by atoms with Crippen molar-refractivity contribution in [3.63, 3.8) is 0 Å². The quantitative estimate of drug-likeness (QED) is 0.530. The lowest BCUT2D eigenvalue weighted by atomic mass is 10.1. The van der Waals surface area contributed by atoms with E-state index in [0.29, 0.717) is 27.2 Å². The number of fused-ring (bicyclic) bond motifs is 2. The maximum absolute atomic E-state index is 12.9. The first-order valence-electron chi connectivity index (χ1n) is 8.07. The molecule has 2 aromatic carbocycles. The SMILES string of the molecule is COc1ccccc1Cn1nc(O)c2[nH]c3cc(Cl)ccc3c(=O)c2c1=O. The number of rotatable bonds is 3. The summed E-state index contributed by atoms with van der Waals surface area (Å²) in [5, 5.41) is 14.8. The number of halogens is 1. The number of nitrogens with zero attached hydrogens (tertiary/aromatic N) is 2. The molecule has 0 bridgehead atoms. The van der Waals surface area contributed by atoms with Gasteiger partial charge in [-0.3, -0.25) is 9.59 Å². The van der Waals surface area contributed by atoms with E-state index in [-0.39, 0.29) is 17.4 Å². The van der Waals surface area contributed by atoms with Crippen LogP contribution in [-0.2, 0) is 6.54 Å². The predicted molar refractivity (Wildman–Crippen MR) is 103 cm³/mol. The van der Waals surface area contributed by atoms with Crippen molar-refractivity contribution in [3.05, 3.63) is 73.6 Å². The second-order valence-electron chi connectivity index (χ2n) is 5.99. The van der Waals surface area contributed by atoms with Gasteiger partial charge in [0, 0.05) is 16.0 Å². The van der Waals surface area contributed by atoms with E-state index in [2.05, 4.69) is 10.1 Å². The second kappa shape index (κ2) is 6.44. The highest BCUT2D eigenvalue weighted by Crippen LogP contribution is 2.22. The fourth-order valence-electron chi connectivity index (χ4n) is 3.08. The van der Waals surface area contributed by atoms with Crippen LogP contribution in [0.4, 0.5) is 0 Å². The van der Waals surface area contributed by atoms with Crippen LogP contribution in [0, 0.1) is 0 Å². The minimum atomic E-state index is -0.605. The minimum Gasteiger partial charge on any atom is -0.496 e. The molecule has 0 aliphatic rings. The fourth-order valence-corrected chi connectivity index (χ4v) is 3.25. The Bertz CT molecular complexity index is 1310. The van der Waals surface area contributed by atoms with Gasteiger partial charge in [-0.1, -0.05) is 29.8 Å². The monoisotopic (exact) mass is 383 g/mol. The molecule has 4 rings (SSSR count). The molecule has 0 atom stereocenters. The molecule has 0 fully saturated rings. The first-order valence-corrected chi connectivity index (χ1v) is 8.44. The van der Waals surface area contributed by atoms with Gasteiger partial charge >= 0.3 is 0 Å². The maximum Gasteiger partial charge on any atom is 0.280 e. The molecule has 8 heteroatoms. The Labute approximate surface area is 157 Å². The van der Waals surface area contributed by atoms with Crippen LogP contribution in [-0.4, -0.2) is 27.0 Å². The zero-order chi connectivity index (χ0) is 19.1. The van der Waals surface area contributed by atoms with Crippen molar-refractivity contribution >= 4 is 33.4 Å². The summed E-state index contributed by atoms with van der Waals surface area (Å²) < 4.78 is 6.33. The molecule has 0 spiro atoms. The number of ether oxygens (including phenoxy) is 1. The number of nitrogens with one attached hydrogen (secondary N) is 1. The van der Waals surface area contributed by atoms with Gasteiger partial charge in [0.05, 0.1) is 19.2 Å². The van der Waals surface area contributed by atoms with E-state index in [1.807, 2.05) is 0 Å². The van der Waals surface area contributed by atoms with Crippen molar-refractivity contribution < 1.29 is 9.84 Å². The van der Waals surface area contributed by atoms with Crippen molar-refractivity contribution in [2.45, 2.75) is 6.54 Å². The van der Waals surface area contributed by atoms with Crippen molar-refractivity contribution in [1.29, 1.82) is 0 Å². The summed E-state index contributed by atoms with van der Waals surface area (Å²) in [5.41, 5.74) is -0.00827. The highest BCUT2D eigenvalue weighted by Gasteiger charge is 2.17. The van der Waals surface area contributed by atoms with Gasteiger partial charge < -0.3 is 14.8 Å². The van der Waals surface area contributed by atoms with Crippen LogP contribution < -0.4 is 15.7 Å². The molecule has 0 radical (unpaired) electrons. The number of pyridine rings is 1. The van der Waals surface area contributed by atoms with E-state index in [0.717, 1.165) is 4.68 Å². The van der Waals surface area contributed by atoms with Crippen LogP contribution in [0.5, 0.6) is 11.6 Å². The Balaban J connectivity index is 1.99. The van der Waals surface area contributed by atoms with Gasteiger partial charge in [-0.05, 0) is 24.3 Å². The largest absolute Gasteiger partial charge is 0.496 e. The predicted octanol–water partition coefficient (Wildman–Crippen LogP) is 2.65. The second-order valence-corrected chi connectivity index (χ2v) is 6.43. The molecule has 7 nitrogen and oxygen atoms in total. The molecule has 0 saturated heterocycles. The first-order chi connectivity index (χ1) is 13.0. The van der Waals surface area contributed by atoms with Crippen molar-refractivity contribution in [2.75, 3.05) is 7.11 Å². The summed E-state index contributed by atoms with van der Waals surface area (Å²) in [7, 11) is 1.52. The topological polar surface area (TPSA) is 97.2 Å². The van der Waals surface area contributed by atoms with E-state index in [4.69, 9.17) is 16.3 Å². The number of H-pyrrole nitrogens is 1. The Kier molecular flexibility index (Phi) is 4.08. The standard InChI is InChI=1S/C19H14ClN3O4/c1-27-14-5-3-2-4-10(14)9-23-19(26)15-16(18(25)22-23)21-13-8-11(20)6-7-12(13)17(15)24/h2-8H,9H2,1H3,(H,21,24)(H,22,25). The normalized spacial score (nSPS) is 11.2. The molecular weight excluding hydrogens is 370 g/mol. The average molecular weight is 384 g/mol. The number of hydrogen-bond acceptors (Lipinski definition) is 5. The maximum atomic E-state index is 12.9. The molecule has 136 valence electrons. The molecule has 0 saturated carbocycles. The number of hydrogen-bond donors (Lipinski definition) is 2. The van der Waals surface area contributed by atoms with Crippen LogP contribution in [0.2, 0.25) is 5.02 Å². The lowest BCUT2D eigenvalue weighted by molar-refractivity contribution is 0.402. The molecule has 0 amide bonds. The van der Waals surface area contributed by atoms with E-state index >= 15 is 0 Å². The van der Waals surface area contributed by atoms with Gasteiger partial charge in [0.15, 0.2) is 0 Å². The Morgan fingerprint density at radius 1 is 1.22 bits per heavy atom. The zero-order valence-electron chi connectivity index (χ0n) is 14.2. The third kappa shape index (κ3) is 2.82. The lowest BCUT2D eigenvalue weighted by Crippen LogP contribution is -2.28. The highest BCUT2D eigenvalue weighted by molar-refractivity contribution is 6.31. The molecule has 27 heavy (non-hydrogen) atoms. The molecule has 2 heterocycles. The van der Waals surface area contributed by atoms with E-state index in [1.54, 1.807) is 36.4 Å². The van der Waals surface area contributed by atoms with Crippen LogP contribution >= 0.6 is 11.6 Å². The Morgan fingerprint density at radius 2 is 2.00 bits per heavy atom. The van der Waals surface area contributed by atoms with Gasteiger partial charge in [-0.2, -0.15) is 0 Å². The van der Waals surface area contributed by atoms with E-state index < -0.39 is 16.9 Å². The third-order valence-electron chi connectivity index (χ3n) is 4.36. The Morgan fingerprint density at radius 3 is 2.78 bits per heavy atom. The summed E-state index contributed by atoms with van der Waals surface area (Å²) in [6, 6.07) is 11.8. The smallest absolute Gasteiger partial charge is 0.280 e. The van der Waals surface area contributed by atoms with Crippen molar-refractivity contribution in [3.8, 4) is 11.6 Å². The number of benzene rings is 2. The van der Waals surface area contributed by atoms with Gasteiger partial charge in [-0.25, -0.2) is 4.68 Å². The number of aromatic hydroxyl groups is 1. The van der Waals surface area contributed by atoms with E-state index in [9.17, 15) is 14.7 Å². The molecular formula is C19H14ClN3O4. The highest BCUT2D eigenvalue weighted by atomic mass is 35.5. The zero-order valence-corrected chi connectivity index (χ0v) is 14.9. The summed E-state index contributed by atoms with van der Waals surface area (Å²) in [4.78, 5) is 28.7. The molecule has 4 aromatic rings. The molecule has 2 aromatic heterocycles. The summed E-state index contributed by atoms with van der Waals surface area (Å²) in [5.74, 6) is 0.131. The van der Waals surface area contributed by atoms with Gasteiger partial charge in [0.1, 0.15) is 16.7 Å². The minimum absolute atomic E-state index is 0.0176. The molecule has 0 aliphatic heterocycles. The number of aromatic amines is 1. The molecule has 0 aliphatic carbocycles. The van der Waals surface area contributed by atoms with Crippen molar-refractivity contribution in [2.24, 2.45) is 0 Å². The van der Waals surface area contributed by atoms with Gasteiger partial charge in [-0.15, -0.1) is 5.10 Å². The summed E-state index contributed by atoms with van der Waals surface area (Å²) in [6.07, 6.45) is 0. The number of methoxy groups -OCH3 is 1. The van der Waals surface area contributed by atoms with Crippen LogP contribution in [0.25, 0.3) is 21.8 Å². The van der Waals surface area contributed by atoms with Gasteiger partial charge in [0.25, 0.3) is 11.4 Å². The first kappa shape index (κ1) is 17.1.